The number of hydrogen-bond donors (Lipinski definition) is 1. The van der Waals surface area contributed by atoms with E-state index in [-0.39, 0.29) is 24.5 Å². The third-order valence-electron chi connectivity index (χ3n) is 6.24. The number of likely N-dealkylation sites (tertiary alicyclic amines) is 1. The fraction of sp³-hybridized carbons (Fsp3) is 0.267. The average molecular weight is 515 g/mol. The highest BCUT2D eigenvalue weighted by Gasteiger charge is 2.46. The maximum absolute atomic E-state index is 13.3. The van der Waals surface area contributed by atoms with Crippen LogP contribution in [0.25, 0.3) is 5.76 Å². The van der Waals surface area contributed by atoms with Crippen molar-refractivity contribution in [2.45, 2.75) is 39.8 Å². The summed E-state index contributed by atoms with van der Waals surface area (Å²) in [6.45, 7) is 6.52. The number of ether oxygens (including phenoxy) is 2. The molecule has 2 heterocycles. The second-order valence-corrected chi connectivity index (χ2v) is 8.93. The quantitative estimate of drug-likeness (QED) is 0.186. The summed E-state index contributed by atoms with van der Waals surface area (Å²) in [5.41, 5.74) is 2.72. The lowest BCUT2D eigenvalue weighted by atomic mass is 9.97. The van der Waals surface area contributed by atoms with Crippen molar-refractivity contribution in [1.29, 1.82) is 0 Å². The molecule has 1 saturated heterocycles. The van der Waals surface area contributed by atoms with Gasteiger partial charge in [0.2, 0.25) is 0 Å². The van der Waals surface area contributed by atoms with E-state index in [1.807, 2.05) is 13.8 Å². The number of esters is 1. The van der Waals surface area contributed by atoms with E-state index in [0.717, 1.165) is 12.0 Å². The minimum Gasteiger partial charge on any atom is -0.507 e. The molecule has 0 spiro atoms. The Morgan fingerprint density at radius 2 is 1.76 bits per heavy atom. The third kappa shape index (κ3) is 5.44. The first-order chi connectivity index (χ1) is 18.3. The van der Waals surface area contributed by atoms with Crippen LogP contribution in [0.4, 0.5) is 0 Å². The van der Waals surface area contributed by atoms with Gasteiger partial charge in [0.1, 0.15) is 17.6 Å². The fourth-order valence-corrected chi connectivity index (χ4v) is 4.37. The lowest BCUT2D eigenvalue weighted by molar-refractivity contribution is -0.140. The number of pyridine rings is 1. The van der Waals surface area contributed by atoms with E-state index in [9.17, 15) is 19.5 Å². The van der Waals surface area contributed by atoms with Crippen LogP contribution in [-0.2, 0) is 20.9 Å². The smallest absolute Gasteiger partial charge is 0.338 e. The van der Waals surface area contributed by atoms with Gasteiger partial charge < -0.3 is 19.5 Å². The molecule has 1 amide bonds. The molecule has 1 N–H and O–H groups in total. The van der Waals surface area contributed by atoms with E-state index in [4.69, 9.17) is 9.47 Å². The van der Waals surface area contributed by atoms with Crippen LogP contribution in [0.1, 0.15) is 59.1 Å². The molecule has 1 unspecified atom stereocenters. The van der Waals surface area contributed by atoms with Gasteiger partial charge in [-0.2, -0.15) is 0 Å². The lowest BCUT2D eigenvalue weighted by Crippen LogP contribution is -2.29. The Kier molecular flexibility index (Phi) is 8.21. The van der Waals surface area contributed by atoms with Crippen molar-refractivity contribution >= 4 is 23.4 Å². The van der Waals surface area contributed by atoms with Crippen molar-refractivity contribution in [3.05, 3.63) is 100 Å². The Labute approximate surface area is 221 Å². The van der Waals surface area contributed by atoms with Gasteiger partial charge in [-0.05, 0) is 73.9 Å². The summed E-state index contributed by atoms with van der Waals surface area (Å²) in [6, 6.07) is 16.1. The second kappa shape index (κ2) is 11.7. The van der Waals surface area contributed by atoms with Crippen molar-refractivity contribution in [3.8, 4) is 5.75 Å². The first kappa shape index (κ1) is 26.6. The van der Waals surface area contributed by atoms with E-state index >= 15 is 0 Å². The standard InChI is InChI=1S/C30H30N2O6/c1-4-16-38-24-14-13-22(17-19(24)3)27(33)25-26(23-8-6-7-15-31-23)32(29(35)28(25)34)18-20-9-11-21(12-10-20)30(36)37-5-2/h6-15,17,26,33H,4-5,16,18H2,1-3H3/b27-25-. The molecule has 1 aliphatic rings. The van der Waals surface area contributed by atoms with Gasteiger partial charge in [-0.3, -0.25) is 14.6 Å². The molecule has 1 aliphatic heterocycles. The number of carbonyl (C=O) groups is 3. The van der Waals surface area contributed by atoms with Crippen LogP contribution in [0.5, 0.6) is 5.75 Å². The number of aromatic nitrogens is 1. The molecule has 196 valence electrons. The molecule has 0 aliphatic carbocycles. The van der Waals surface area contributed by atoms with Crippen LogP contribution in [0.15, 0.2) is 72.4 Å². The number of aryl methyl sites for hydroxylation is 1. The maximum atomic E-state index is 13.3. The molecular formula is C30H30N2O6. The van der Waals surface area contributed by atoms with Crippen LogP contribution in [-0.4, -0.2) is 45.9 Å². The largest absolute Gasteiger partial charge is 0.507 e. The van der Waals surface area contributed by atoms with Crippen molar-refractivity contribution in [3.63, 3.8) is 0 Å². The number of hydrogen-bond acceptors (Lipinski definition) is 7. The zero-order chi connectivity index (χ0) is 27.2. The number of aliphatic hydroxyl groups excluding tert-OH is 1. The Morgan fingerprint density at radius 3 is 2.39 bits per heavy atom. The molecule has 3 aromatic rings. The molecule has 0 bridgehead atoms. The minimum absolute atomic E-state index is 0.0292. The monoisotopic (exact) mass is 514 g/mol. The molecule has 1 atom stereocenters. The molecule has 8 heteroatoms. The molecule has 8 nitrogen and oxygen atoms in total. The lowest BCUT2D eigenvalue weighted by Gasteiger charge is -2.24. The van der Waals surface area contributed by atoms with Crippen LogP contribution >= 0.6 is 0 Å². The summed E-state index contributed by atoms with van der Waals surface area (Å²) < 4.78 is 10.8. The molecule has 1 fully saturated rings. The summed E-state index contributed by atoms with van der Waals surface area (Å²) in [4.78, 5) is 44.3. The molecule has 38 heavy (non-hydrogen) atoms. The highest BCUT2D eigenvalue weighted by molar-refractivity contribution is 6.46. The van der Waals surface area contributed by atoms with Crippen molar-refractivity contribution in [2.24, 2.45) is 0 Å². The Bertz CT molecular complexity index is 1370. The van der Waals surface area contributed by atoms with E-state index in [0.29, 0.717) is 34.7 Å². The summed E-state index contributed by atoms with van der Waals surface area (Å²) in [7, 11) is 0. The number of amides is 1. The molecule has 1 aromatic heterocycles. The van der Waals surface area contributed by atoms with Crippen LogP contribution < -0.4 is 4.74 Å². The number of Topliss-reactive ketones (excluding diaryl/α,β-unsaturated/α-hetero) is 1. The molecule has 0 radical (unpaired) electrons. The summed E-state index contributed by atoms with van der Waals surface area (Å²) in [6.07, 6.45) is 2.44. The summed E-state index contributed by atoms with van der Waals surface area (Å²) in [5.74, 6) is -1.54. The molecule has 4 rings (SSSR count). The fourth-order valence-electron chi connectivity index (χ4n) is 4.37. The van der Waals surface area contributed by atoms with Gasteiger partial charge in [0.25, 0.3) is 11.7 Å². The summed E-state index contributed by atoms with van der Waals surface area (Å²) in [5, 5.41) is 11.3. The topological polar surface area (TPSA) is 106 Å². The summed E-state index contributed by atoms with van der Waals surface area (Å²) >= 11 is 0. The average Bonchev–Trinajstić information content (AvgIpc) is 3.18. The zero-order valence-electron chi connectivity index (χ0n) is 21.6. The van der Waals surface area contributed by atoms with Gasteiger partial charge in [-0.25, -0.2) is 4.79 Å². The maximum Gasteiger partial charge on any atom is 0.338 e. The number of aliphatic hydroxyl groups is 1. The molecular weight excluding hydrogens is 484 g/mol. The van der Waals surface area contributed by atoms with Gasteiger partial charge in [0.15, 0.2) is 0 Å². The normalized spacial score (nSPS) is 16.5. The van der Waals surface area contributed by atoms with Gasteiger partial charge in [0, 0.05) is 18.3 Å². The Balaban J connectivity index is 1.72. The third-order valence-corrected chi connectivity index (χ3v) is 6.24. The molecule has 2 aromatic carbocycles. The first-order valence-electron chi connectivity index (χ1n) is 12.5. The minimum atomic E-state index is -0.891. The van der Waals surface area contributed by atoms with Crippen LogP contribution in [0.2, 0.25) is 0 Å². The second-order valence-electron chi connectivity index (χ2n) is 8.93. The molecule has 0 saturated carbocycles. The number of benzene rings is 2. The van der Waals surface area contributed by atoms with Crippen molar-refractivity contribution in [2.75, 3.05) is 13.2 Å². The van der Waals surface area contributed by atoms with Crippen LogP contribution in [0, 0.1) is 6.92 Å². The van der Waals surface area contributed by atoms with Gasteiger partial charge in [0.05, 0.1) is 30.0 Å². The van der Waals surface area contributed by atoms with Gasteiger partial charge in [-0.15, -0.1) is 0 Å². The van der Waals surface area contributed by atoms with E-state index in [2.05, 4.69) is 4.98 Å². The number of nitrogens with zero attached hydrogens (tertiary/aromatic N) is 2. The van der Waals surface area contributed by atoms with Crippen molar-refractivity contribution in [1.82, 2.24) is 9.88 Å². The Morgan fingerprint density at radius 1 is 1.03 bits per heavy atom. The zero-order valence-corrected chi connectivity index (χ0v) is 21.6. The predicted molar refractivity (Wildman–Crippen MR) is 141 cm³/mol. The van der Waals surface area contributed by atoms with E-state index in [1.165, 1.54) is 4.90 Å². The highest BCUT2D eigenvalue weighted by Crippen LogP contribution is 2.40. The Hall–Kier alpha value is -4.46. The van der Waals surface area contributed by atoms with Gasteiger partial charge >= 0.3 is 5.97 Å². The SMILES string of the molecule is CCCOc1ccc(/C(O)=C2/C(=O)C(=O)N(Cc3ccc(C(=O)OCC)cc3)C2c2ccccn2)cc1C. The highest BCUT2D eigenvalue weighted by atomic mass is 16.5. The number of rotatable bonds is 9. The number of ketones is 1. The number of carbonyl (C=O) groups excluding carboxylic acids is 3. The predicted octanol–water partition coefficient (Wildman–Crippen LogP) is 4.98. The van der Waals surface area contributed by atoms with Crippen molar-refractivity contribution < 1.29 is 29.0 Å². The van der Waals surface area contributed by atoms with E-state index in [1.54, 1.807) is 73.8 Å². The van der Waals surface area contributed by atoms with Gasteiger partial charge in [-0.1, -0.05) is 25.1 Å². The van der Waals surface area contributed by atoms with E-state index < -0.39 is 23.7 Å². The van der Waals surface area contributed by atoms with Crippen LogP contribution in [0.3, 0.4) is 0 Å². The first-order valence-corrected chi connectivity index (χ1v) is 12.5.